The summed E-state index contributed by atoms with van der Waals surface area (Å²) in [4.78, 5) is 24.5. The highest BCUT2D eigenvalue weighted by Gasteiger charge is 2.18. The predicted octanol–water partition coefficient (Wildman–Crippen LogP) is 16.5. The number of aliphatic hydroxyl groups excluding tert-OH is 2. The van der Waals surface area contributed by atoms with E-state index in [4.69, 9.17) is 4.74 Å². The third-order valence-electron chi connectivity index (χ3n) is 12.8. The Hall–Kier alpha value is -1.40. The molecule has 0 heterocycles. The van der Waals surface area contributed by atoms with Crippen LogP contribution in [-0.4, -0.2) is 47.4 Å². The van der Waals surface area contributed by atoms with Gasteiger partial charge in [-0.05, 0) is 32.1 Å². The Bertz CT molecular complexity index is 909. The third kappa shape index (κ3) is 47.9. The summed E-state index contributed by atoms with van der Waals surface area (Å²) < 4.78 is 5.46. The maximum Gasteiger partial charge on any atom is 0.305 e. The van der Waals surface area contributed by atoms with Crippen LogP contribution in [0.5, 0.6) is 0 Å². The zero-order valence-electron chi connectivity index (χ0n) is 41.2. The Morgan fingerprint density at radius 3 is 1.11 bits per heavy atom. The summed E-state index contributed by atoms with van der Waals surface area (Å²) in [6.45, 7) is 4.88. The molecule has 0 aromatic rings. The lowest BCUT2D eigenvalue weighted by Gasteiger charge is -2.20. The van der Waals surface area contributed by atoms with Crippen molar-refractivity contribution in [2.24, 2.45) is 0 Å². The van der Waals surface area contributed by atoms with E-state index in [0.717, 1.165) is 57.8 Å². The van der Waals surface area contributed by atoms with Gasteiger partial charge in [-0.15, -0.1) is 0 Å². The number of ether oxygens (including phenoxy) is 1. The number of esters is 1. The van der Waals surface area contributed by atoms with Crippen molar-refractivity contribution in [2.45, 2.75) is 315 Å². The van der Waals surface area contributed by atoms with Crippen molar-refractivity contribution in [3.05, 3.63) is 12.2 Å². The minimum Gasteiger partial charge on any atom is -0.466 e. The van der Waals surface area contributed by atoms with Gasteiger partial charge in [-0.1, -0.05) is 270 Å². The molecule has 3 N–H and O–H groups in total. The van der Waals surface area contributed by atoms with Crippen LogP contribution in [0, 0.1) is 0 Å². The van der Waals surface area contributed by atoms with Crippen LogP contribution in [0.4, 0.5) is 0 Å². The molecule has 0 aliphatic heterocycles. The van der Waals surface area contributed by atoms with Crippen LogP contribution < -0.4 is 5.32 Å². The van der Waals surface area contributed by atoms with Crippen molar-refractivity contribution in [1.29, 1.82) is 0 Å². The highest BCUT2D eigenvalue weighted by atomic mass is 16.5. The lowest BCUT2D eigenvalue weighted by molar-refractivity contribution is -0.143. The van der Waals surface area contributed by atoms with Gasteiger partial charge >= 0.3 is 5.97 Å². The van der Waals surface area contributed by atoms with Crippen molar-refractivity contribution in [3.63, 3.8) is 0 Å². The molecule has 0 fully saturated rings. The fourth-order valence-electron chi connectivity index (χ4n) is 8.58. The Labute approximate surface area is 380 Å². The Morgan fingerprint density at radius 1 is 0.443 bits per heavy atom. The molecular formula is C55H107NO5. The highest BCUT2D eigenvalue weighted by molar-refractivity contribution is 5.76. The number of hydrogen-bond donors (Lipinski definition) is 3. The van der Waals surface area contributed by atoms with Gasteiger partial charge in [-0.3, -0.25) is 9.59 Å². The number of hydrogen-bond acceptors (Lipinski definition) is 5. The van der Waals surface area contributed by atoms with E-state index in [1.165, 1.54) is 218 Å². The monoisotopic (exact) mass is 862 g/mol. The second-order valence-corrected chi connectivity index (χ2v) is 18.9. The second-order valence-electron chi connectivity index (χ2n) is 18.9. The van der Waals surface area contributed by atoms with Crippen LogP contribution >= 0.6 is 0 Å². The first kappa shape index (κ1) is 59.6. The van der Waals surface area contributed by atoms with Crippen molar-refractivity contribution in [3.8, 4) is 0 Å². The third-order valence-corrected chi connectivity index (χ3v) is 12.8. The van der Waals surface area contributed by atoms with E-state index in [9.17, 15) is 19.8 Å². The average molecular weight is 862 g/mol. The zero-order valence-corrected chi connectivity index (χ0v) is 41.2. The molecule has 0 rings (SSSR count). The maximum atomic E-state index is 12.5. The predicted molar refractivity (Wildman–Crippen MR) is 264 cm³/mol. The molecule has 0 radical (unpaired) electrons. The molecule has 6 nitrogen and oxygen atoms in total. The summed E-state index contributed by atoms with van der Waals surface area (Å²) in [7, 11) is 0. The quantitative estimate of drug-likeness (QED) is 0.0322. The molecule has 362 valence electrons. The van der Waals surface area contributed by atoms with Gasteiger partial charge in [-0.2, -0.15) is 0 Å². The van der Waals surface area contributed by atoms with Gasteiger partial charge < -0.3 is 20.3 Å². The maximum absolute atomic E-state index is 12.5. The Kier molecular flexibility index (Phi) is 50.1. The molecule has 1 amide bonds. The largest absolute Gasteiger partial charge is 0.466 e. The SMILES string of the molecule is CCCCCCCCCCCCCCCCCCC/C=C/C(O)C(CO)NC(=O)CCCCCCCCCCCCCOC(=O)CCCCCCCCCCCCCCCC. The molecule has 6 heteroatoms. The molecule has 0 saturated carbocycles. The lowest BCUT2D eigenvalue weighted by atomic mass is 10.0. The van der Waals surface area contributed by atoms with Gasteiger partial charge in [0.25, 0.3) is 0 Å². The van der Waals surface area contributed by atoms with E-state index in [0.29, 0.717) is 19.4 Å². The molecule has 0 aromatic carbocycles. The van der Waals surface area contributed by atoms with Gasteiger partial charge in [0.15, 0.2) is 0 Å². The van der Waals surface area contributed by atoms with Crippen LogP contribution in [0.2, 0.25) is 0 Å². The normalized spacial score (nSPS) is 12.7. The fourth-order valence-corrected chi connectivity index (χ4v) is 8.58. The van der Waals surface area contributed by atoms with E-state index in [-0.39, 0.29) is 18.5 Å². The molecule has 0 aromatic heterocycles. The van der Waals surface area contributed by atoms with Crippen LogP contribution in [-0.2, 0) is 14.3 Å². The number of amides is 1. The summed E-state index contributed by atoms with van der Waals surface area (Å²) in [5, 5.41) is 23.1. The fraction of sp³-hybridized carbons (Fsp3) is 0.927. The first-order chi connectivity index (χ1) is 30.0. The lowest BCUT2D eigenvalue weighted by Crippen LogP contribution is -2.45. The van der Waals surface area contributed by atoms with E-state index >= 15 is 0 Å². The number of aliphatic hydroxyl groups is 2. The number of nitrogens with one attached hydrogen (secondary N) is 1. The molecule has 2 atom stereocenters. The summed E-state index contributed by atoms with van der Waals surface area (Å²) in [6, 6.07) is -0.641. The highest BCUT2D eigenvalue weighted by Crippen LogP contribution is 2.17. The molecular weight excluding hydrogens is 755 g/mol. The first-order valence-electron chi connectivity index (χ1n) is 27.5. The van der Waals surface area contributed by atoms with Gasteiger partial charge in [-0.25, -0.2) is 0 Å². The molecule has 0 saturated heterocycles. The summed E-state index contributed by atoms with van der Waals surface area (Å²) in [6.07, 6.45) is 59.3. The van der Waals surface area contributed by atoms with Crippen LogP contribution in [0.15, 0.2) is 12.2 Å². The van der Waals surface area contributed by atoms with E-state index < -0.39 is 12.1 Å². The van der Waals surface area contributed by atoms with Crippen molar-refractivity contribution < 1.29 is 24.5 Å². The molecule has 0 aliphatic carbocycles. The van der Waals surface area contributed by atoms with Crippen molar-refractivity contribution in [1.82, 2.24) is 5.32 Å². The molecule has 0 bridgehead atoms. The van der Waals surface area contributed by atoms with Gasteiger partial charge in [0, 0.05) is 12.8 Å². The minimum atomic E-state index is -0.856. The zero-order chi connectivity index (χ0) is 44.4. The number of rotatable bonds is 51. The summed E-state index contributed by atoms with van der Waals surface area (Å²) >= 11 is 0. The van der Waals surface area contributed by atoms with E-state index in [1.54, 1.807) is 6.08 Å². The number of carbonyl (C=O) groups is 2. The molecule has 61 heavy (non-hydrogen) atoms. The van der Waals surface area contributed by atoms with Crippen molar-refractivity contribution in [2.75, 3.05) is 13.2 Å². The van der Waals surface area contributed by atoms with Gasteiger partial charge in [0.05, 0.1) is 25.4 Å². The number of carbonyl (C=O) groups excluding carboxylic acids is 2. The average Bonchev–Trinajstić information content (AvgIpc) is 3.26. The number of allylic oxidation sites excluding steroid dienone is 1. The van der Waals surface area contributed by atoms with Gasteiger partial charge in [0.1, 0.15) is 0 Å². The van der Waals surface area contributed by atoms with Crippen LogP contribution in [0.3, 0.4) is 0 Å². The number of unbranched alkanes of at least 4 members (excludes halogenated alkanes) is 40. The Balaban J connectivity index is 3.49. The molecule has 0 spiro atoms. The van der Waals surface area contributed by atoms with Crippen molar-refractivity contribution >= 4 is 11.9 Å². The second kappa shape index (κ2) is 51.2. The first-order valence-corrected chi connectivity index (χ1v) is 27.5. The molecule has 0 aliphatic rings. The van der Waals surface area contributed by atoms with E-state index in [1.807, 2.05) is 6.08 Å². The topological polar surface area (TPSA) is 95.9 Å². The van der Waals surface area contributed by atoms with E-state index in [2.05, 4.69) is 19.2 Å². The Morgan fingerprint density at radius 2 is 0.754 bits per heavy atom. The summed E-state index contributed by atoms with van der Waals surface area (Å²) in [5.74, 6) is -0.0964. The smallest absolute Gasteiger partial charge is 0.305 e. The van der Waals surface area contributed by atoms with Crippen LogP contribution in [0.1, 0.15) is 303 Å². The molecule has 2 unspecified atom stereocenters. The standard InChI is InChI=1S/C55H107NO5/c1-3-5-7-9-11-13-15-17-19-20-21-22-23-24-27-31-35-39-43-47-53(58)52(51-57)56-54(59)48-44-40-36-32-28-26-30-34-38-42-46-50-61-55(60)49-45-41-37-33-29-25-18-16-14-12-10-8-6-4-2/h43,47,52-53,57-58H,3-42,44-46,48-51H2,1-2H3,(H,56,59)/b47-43+. The van der Waals surface area contributed by atoms with Crippen LogP contribution in [0.25, 0.3) is 0 Å². The summed E-state index contributed by atoms with van der Waals surface area (Å²) in [5.41, 5.74) is 0. The minimum absolute atomic E-state index is 0.0125. The van der Waals surface area contributed by atoms with Gasteiger partial charge in [0.2, 0.25) is 5.91 Å².